The summed E-state index contributed by atoms with van der Waals surface area (Å²) in [6.45, 7) is 4.31. The van der Waals surface area contributed by atoms with Crippen LogP contribution in [0.25, 0.3) is 22.6 Å². The minimum absolute atomic E-state index is 0.495. The quantitative estimate of drug-likeness (QED) is 0.247. The highest BCUT2D eigenvalue weighted by Crippen LogP contribution is 2.27. The van der Waals surface area contributed by atoms with E-state index in [0.717, 1.165) is 42.0 Å². The van der Waals surface area contributed by atoms with Gasteiger partial charge in [-0.15, -0.1) is 10.2 Å². The smallest absolute Gasteiger partial charge is 0.257 e. The maximum atomic E-state index is 5.89. The monoisotopic (exact) mass is 450 g/mol. The van der Waals surface area contributed by atoms with Gasteiger partial charge in [0.1, 0.15) is 11.3 Å². The predicted octanol–water partition coefficient (Wildman–Crippen LogP) is 5.42. The summed E-state index contributed by atoms with van der Waals surface area (Å²) in [7, 11) is 0. The molecule has 0 unspecified atom stereocenters. The molecule has 0 atom stereocenters. The topological polar surface area (TPSA) is 77.4 Å². The molecule has 0 amide bonds. The molecule has 0 N–H and O–H groups in total. The first-order chi connectivity index (χ1) is 15.8. The average molecular weight is 451 g/mol. The Kier molecular flexibility index (Phi) is 6.69. The van der Waals surface area contributed by atoms with E-state index in [2.05, 4.69) is 20.1 Å². The second kappa shape index (κ2) is 10.2. The number of ether oxygens (including phenoxy) is 1. The normalized spacial score (nSPS) is 14.8. The lowest BCUT2D eigenvalue weighted by atomic mass is 10.1. The summed E-state index contributed by atoms with van der Waals surface area (Å²) in [4.78, 5) is 6.98. The molecule has 3 heterocycles. The third-order valence-electron chi connectivity index (χ3n) is 5.50. The van der Waals surface area contributed by atoms with Crippen LogP contribution in [0.5, 0.6) is 5.75 Å². The van der Waals surface area contributed by atoms with Gasteiger partial charge < -0.3 is 18.5 Å². The number of likely N-dealkylation sites (tertiary alicyclic amines) is 1. The van der Waals surface area contributed by atoms with E-state index in [9.17, 15) is 0 Å². The van der Waals surface area contributed by atoms with E-state index < -0.39 is 0 Å². The number of para-hydroxylation sites is 2. The standard InChI is InChI=1S/C24H26N4O3S/c1-4-13-28(14-5-1)15-6-16-29-19-11-9-18(10-12-19)23-27-26-22(31-23)17-32-24-25-20-7-2-3-8-21(20)30-24/h2-3,7-12H,1,4-6,13-17H2. The van der Waals surface area contributed by atoms with Crippen molar-refractivity contribution in [3.8, 4) is 17.2 Å². The van der Waals surface area contributed by atoms with Crippen molar-refractivity contribution in [2.75, 3.05) is 26.2 Å². The third kappa shape index (κ3) is 5.31. The van der Waals surface area contributed by atoms with Gasteiger partial charge in [-0.25, -0.2) is 4.98 Å². The van der Waals surface area contributed by atoms with E-state index in [1.54, 1.807) is 0 Å². The Morgan fingerprint density at radius 2 is 1.78 bits per heavy atom. The molecule has 1 fully saturated rings. The van der Waals surface area contributed by atoms with Crippen LogP contribution in [-0.4, -0.2) is 46.3 Å². The molecule has 0 radical (unpaired) electrons. The number of thioether (sulfide) groups is 1. The third-order valence-corrected chi connectivity index (χ3v) is 6.31. The SMILES string of the molecule is c1ccc2oc(SCc3nnc(-c4ccc(OCCCN5CCCCC5)cc4)o3)nc2c1. The van der Waals surface area contributed by atoms with Crippen molar-refractivity contribution >= 4 is 22.9 Å². The van der Waals surface area contributed by atoms with Crippen molar-refractivity contribution in [3.63, 3.8) is 0 Å². The zero-order valence-electron chi connectivity index (χ0n) is 17.9. The number of aromatic nitrogens is 3. The summed E-state index contributed by atoms with van der Waals surface area (Å²) in [5.74, 6) is 2.39. The molecular formula is C24H26N4O3S. The Labute approximate surface area is 191 Å². The van der Waals surface area contributed by atoms with Gasteiger partial charge in [-0.2, -0.15) is 0 Å². The highest BCUT2D eigenvalue weighted by atomic mass is 32.2. The molecule has 1 aliphatic rings. The van der Waals surface area contributed by atoms with Crippen molar-refractivity contribution in [1.82, 2.24) is 20.1 Å². The van der Waals surface area contributed by atoms with E-state index >= 15 is 0 Å². The zero-order valence-corrected chi connectivity index (χ0v) is 18.7. The molecule has 2 aromatic carbocycles. The van der Waals surface area contributed by atoms with Gasteiger partial charge in [0.15, 0.2) is 5.58 Å². The van der Waals surface area contributed by atoms with Gasteiger partial charge in [0.05, 0.1) is 12.4 Å². The van der Waals surface area contributed by atoms with Crippen LogP contribution in [0.1, 0.15) is 31.6 Å². The van der Waals surface area contributed by atoms with E-state index in [-0.39, 0.29) is 0 Å². The second-order valence-corrected chi connectivity index (χ2v) is 8.79. The summed E-state index contributed by atoms with van der Waals surface area (Å²) < 4.78 is 17.4. The molecular weight excluding hydrogens is 424 g/mol. The molecule has 5 rings (SSSR count). The summed E-state index contributed by atoms with van der Waals surface area (Å²) in [6, 6.07) is 15.5. The Hall–Kier alpha value is -2.84. The van der Waals surface area contributed by atoms with Gasteiger partial charge in [0, 0.05) is 12.1 Å². The molecule has 4 aromatic rings. The number of piperidine rings is 1. The van der Waals surface area contributed by atoms with Crippen molar-refractivity contribution in [2.45, 2.75) is 36.7 Å². The first-order valence-electron chi connectivity index (χ1n) is 11.1. The van der Waals surface area contributed by atoms with E-state index in [0.29, 0.717) is 22.8 Å². The summed E-state index contributed by atoms with van der Waals surface area (Å²) in [5, 5.41) is 8.91. The van der Waals surface area contributed by atoms with Crippen LogP contribution in [0.2, 0.25) is 0 Å². The fourth-order valence-corrected chi connectivity index (χ4v) is 4.50. The van der Waals surface area contributed by atoms with Crippen molar-refractivity contribution in [2.24, 2.45) is 0 Å². The van der Waals surface area contributed by atoms with Crippen LogP contribution < -0.4 is 4.74 Å². The molecule has 0 spiro atoms. The predicted molar refractivity (Wildman–Crippen MR) is 124 cm³/mol. The molecule has 0 bridgehead atoms. The second-order valence-electron chi connectivity index (χ2n) is 7.87. The number of nitrogens with zero attached hydrogens (tertiary/aromatic N) is 4. The van der Waals surface area contributed by atoms with Crippen molar-refractivity contribution in [3.05, 3.63) is 54.4 Å². The van der Waals surface area contributed by atoms with E-state index in [4.69, 9.17) is 13.6 Å². The maximum Gasteiger partial charge on any atom is 0.257 e. The molecule has 166 valence electrons. The van der Waals surface area contributed by atoms with Crippen LogP contribution >= 0.6 is 11.8 Å². The van der Waals surface area contributed by atoms with Crippen molar-refractivity contribution < 1.29 is 13.6 Å². The molecule has 2 aromatic heterocycles. The van der Waals surface area contributed by atoms with Gasteiger partial charge in [-0.1, -0.05) is 30.3 Å². The van der Waals surface area contributed by atoms with Crippen LogP contribution in [-0.2, 0) is 5.75 Å². The highest BCUT2D eigenvalue weighted by Gasteiger charge is 2.12. The van der Waals surface area contributed by atoms with Crippen LogP contribution in [0.15, 0.2) is 62.6 Å². The Morgan fingerprint density at radius 1 is 0.938 bits per heavy atom. The fraction of sp³-hybridized carbons (Fsp3) is 0.375. The molecule has 0 saturated carbocycles. The van der Waals surface area contributed by atoms with Crippen LogP contribution in [0.3, 0.4) is 0 Å². The van der Waals surface area contributed by atoms with Crippen LogP contribution in [0.4, 0.5) is 0 Å². The van der Waals surface area contributed by atoms with Crippen molar-refractivity contribution in [1.29, 1.82) is 0 Å². The lowest BCUT2D eigenvalue weighted by molar-refractivity contribution is 0.205. The molecule has 32 heavy (non-hydrogen) atoms. The largest absolute Gasteiger partial charge is 0.494 e. The van der Waals surface area contributed by atoms with Gasteiger partial charge in [-0.05, 0) is 68.8 Å². The highest BCUT2D eigenvalue weighted by molar-refractivity contribution is 7.98. The zero-order chi connectivity index (χ0) is 21.6. The number of benzene rings is 2. The lowest BCUT2D eigenvalue weighted by Crippen LogP contribution is -2.31. The van der Waals surface area contributed by atoms with E-state index in [1.165, 1.54) is 44.1 Å². The molecule has 0 aliphatic carbocycles. The molecule has 1 saturated heterocycles. The summed E-state index contributed by atoms with van der Waals surface area (Å²) >= 11 is 1.43. The minimum Gasteiger partial charge on any atom is -0.494 e. The first kappa shape index (κ1) is 21.0. The van der Waals surface area contributed by atoms with Gasteiger partial charge in [-0.3, -0.25) is 0 Å². The molecule has 7 nitrogen and oxygen atoms in total. The summed E-state index contributed by atoms with van der Waals surface area (Å²) in [5.41, 5.74) is 2.49. The number of oxazole rings is 1. The molecule has 1 aliphatic heterocycles. The number of rotatable bonds is 9. The minimum atomic E-state index is 0.495. The lowest BCUT2D eigenvalue weighted by Gasteiger charge is -2.26. The number of hydrogen-bond donors (Lipinski definition) is 0. The van der Waals surface area contributed by atoms with Gasteiger partial charge in [0.25, 0.3) is 5.22 Å². The molecule has 8 heteroatoms. The first-order valence-corrected chi connectivity index (χ1v) is 12.1. The summed E-state index contributed by atoms with van der Waals surface area (Å²) in [6.07, 6.45) is 5.08. The maximum absolute atomic E-state index is 5.89. The fourth-order valence-electron chi connectivity index (χ4n) is 3.82. The van der Waals surface area contributed by atoms with Gasteiger partial charge in [0.2, 0.25) is 11.8 Å². The number of hydrogen-bond acceptors (Lipinski definition) is 8. The Morgan fingerprint density at radius 3 is 2.62 bits per heavy atom. The van der Waals surface area contributed by atoms with E-state index in [1.807, 2.05) is 48.5 Å². The van der Waals surface area contributed by atoms with Crippen LogP contribution in [0, 0.1) is 0 Å². The Bertz CT molecular complexity index is 1100. The number of fused-ring (bicyclic) bond motifs is 1. The average Bonchev–Trinajstić information content (AvgIpc) is 3.48. The Balaban J connectivity index is 1.10. The van der Waals surface area contributed by atoms with Gasteiger partial charge >= 0.3 is 0 Å².